The van der Waals surface area contributed by atoms with Crippen LogP contribution in [-0.4, -0.2) is 16.2 Å². The molecule has 1 N–H and O–H groups in total. The van der Waals surface area contributed by atoms with Gasteiger partial charge in [0.25, 0.3) is 0 Å². The molecule has 1 atom stereocenters. The molecule has 1 aliphatic rings. The van der Waals surface area contributed by atoms with Gasteiger partial charge in [-0.05, 0) is 12.8 Å². The van der Waals surface area contributed by atoms with Crippen LogP contribution in [0.2, 0.25) is 0 Å². The van der Waals surface area contributed by atoms with Crippen LogP contribution >= 0.6 is 0 Å². The summed E-state index contributed by atoms with van der Waals surface area (Å²) in [7, 11) is 0. The third-order valence-corrected chi connectivity index (χ3v) is 1.85. The third-order valence-electron chi connectivity index (χ3n) is 1.85. The van der Waals surface area contributed by atoms with Crippen LogP contribution in [0.5, 0.6) is 0 Å². The number of aromatic amines is 1. The van der Waals surface area contributed by atoms with Crippen molar-refractivity contribution in [1.29, 1.82) is 0 Å². The number of hydrogen-bond donors (Lipinski definition) is 1. The molecule has 0 saturated heterocycles. The standard InChI is InChI=1S/C8H11N3/c1-5-3-7-8(9-4-5)11-6(2)10-7/h4-5H,3H2,1-2H3,(H,10,11). The van der Waals surface area contributed by atoms with Crippen molar-refractivity contribution in [1.82, 2.24) is 9.97 Å². The van der Waals surface area contributed by atoms with Crippen molar-refractivity contribution < 1.29 is 0 Å². The second-order valence-corrected chi connectivity index (χ2v) is 3.08. The van der Waals surface area contributed by atoms with Crippen LogP contribution in [0.25, 0.3) is 0 Å². The fourth-order valence-corrected chi connectivity index (χ4v) is 1.34. The molecule has 0 amide bonds. The van der Waals surface area contributed by atoms with Crippen molar-refractivity contribution in [2.45, 2.75) is 20.3 Å². The lowest BCUT2D eigenvalue weighted by Crippen LogP contribution is -2.05. The van der Waals surface area contributed by atoms with Crippen LogP contribution in [-0.2, 0) is 6.42 Å². The van der Waals surface area contributed by atoms with E-state index in [1.807, 2.05) is 13.1 Å². The Labute approximate surface area is 65.6 Å². The first-order chi connectivity index (χ1) is 5.25. The van der Waals surface area contributed by atoms with E-state index in [2.05, 4.69) is 21.9 Å². The minimum absolute atomic E-state index is 0.533. The normalized spacial score (nSPS) is 21.8. The largest absolute Gasteiger partial charge is 0.327 e. The van der Waals surface area contributed by atoms with Gasteiger partial charge < -0.3 is 4.98 Å². The predicted octanol–water partition coefficient (Wildman–Crippen LogP) is 1.61. The van der Waals surface area contributed by atoms with Crippen molar-refractivity contribution in [3.05, 3.63) is 11.5 Å². The Morgan fingerprint density at radius 1 is 1.64 bits per heavy atom. The smallest absolute Gasteiger partial charge is 0.152 e. The molecule has 58 valence electrons. The van der Waals surface area contributed by atoms with E-state index in [0.717, 1.165) is 23.8 Å². The van der Waals surface area contributed by atoms with Crippen molar-refractivity contribution in [3.63, 3.8) is 0 Å². The van der Waals surface area contributed by atoms with Gasteiger partial charge in [0.05, 0.1) is 5.69 Å². The number of fused-ring (bicyclic) bond motifs is 1. The summed E-state index contributed by atoms with van der Waals surface area (Å²) in [6, 6.07) is 0. The van der Waals surface area contributed by atoms with Crippen molar-refractivity contribution >= 4 is 12.0 Å². The zero-order valence-corrected chi connectivity index (χ0v) is 6.76. The van der Waals surface area contributed by atoms with Gasteiger partial charge in [0.1, 0.15) is 5.82 Å². The van der Waals surface area contributed by atoms with Gasteiger partial charge in [-0.3, -0.25) is 0 Å². The summed E-state index contributed by atoms with van der Waals surface area (Å²) in [6.45, 7) is 4.11. The maximum Gasteiger partial charge on any atom is 0.152 e. The van der Waals surface area contributed by atoms with Crippen molar-refractivity contribution in [3.8, 4) is 0 Å². The molecule has 0 aliphatic carbocycles. The highest BCUT2D eigenvalue weighted by Crippen LogP contribution is 2.22. The number of imidazole rings is 1. The second kappa shape index (κ2) is 2.19. The van der Waals surface area contributed by atoms with E-state index < -0.39 is 0 Å². The predicted molar refractivity (Wildman–Crippen MR) is 44.3 cm³/mol. The molecule has 3 heteroatoms. The Kier molecular flexibility index (Phi) is 1.31. The summed E-state index contributed by atoms with van der Waals surface area (Å²) in [5.41, 5.74) is 1.11. The Hall–Kier alpha value is -1.12. The molecular formula is C8H11N3. The fraction of sp³-hybridized carbons (Fsp3) is 0.500. The number of H-pyrrole nitrogens is 1. The van der Waals surface area contributed by atoms with Crippen LogP contribution in [0.1, 0.15) is 18.4 Å². The van der Waals surface area contributed by atoms with Gasteiger partial charge in [-0.1, -0.05) is 6.92 Å². The fourth-order valence-electron chi connectivity index (χ4n) is 1.34. The summed E-state index contributed by atoms with van der Waals surface area (Å²) >= 11 is 0. The third kappa shape index (κ3) is 1.06. The maximum atomic E-state index is 4.33. The average Bonchev–Trinajstić information content (AvgIpc) is 2.27. The van der Waals surface area contributed by atoms with Gasteiger partial charge >= 0.3 is 0 Å². The molecular weight excluding hydrogens is 138 g/mol. The minimum atomic E-state index is 0.533. The first-order valence-corrected chi connectivity index (χ1v) is 3.85. The Balaban J connectivity index is 2.44. The molecule has 2 heterocycles. The highest BCUT2D eigenvalue weighted by atomic mass is 15.0. The minimum Gasteiger partial charge on any atom is -0.327 e. The molecule has 2 rings (SSSR count). The lowest BCUT2D eigenvalue weighted by Gasteiger charge is -2.07. The maximum absolute atomic E-state index is 4.33. The molecule has 3 nitrogen and oxygen atoms in total. The van der Waals surface area contributed by atoms with Gasteiger partial charge in [0.15, 0.2) is 5.82 Å². The SMILES string of the molecule is Cc1nc2c([nH]1)N=CC(C)C2. The quantitative estimate of drug-likeness (QED) is 0.598. The lowest BCUT2D eigenvalue weighted by molar-refractivity contribution is 0.753. The number of aryl methyl sites for hydroxylation is 1. The first kappa shape index (κ1) is 6.58. The molecule has 0 aromatic carbocycles. The van der Waals surface area contributed by atoms with E-state index in [0.29, 0.717) is 5.92 Å². The second-order valence-electron chi connectivity index (χ2n) is 3.08. The van der Waals surface area contributed by atoms with Crippen LogP contribution in [0.15, 0.2) is 4.99 Å². The van der Waals surface area contributed by atoms with Gasteiger partial charge in [-0.2, -0.15) is 0 Å². The Morgan fingerprint density at radius 3 is 3.27 bits per heavy atom. The van der Waals surface area contributed by atoms with Crippen LogP contribution in [0.3, 0.4) is 0 Å². The molecule has 11 heavy (non-hydrogen) atoms. The molecule has 0 spiro atoms. The van der Waals surface area contributed by atoms with E-state index in [4.69, 9.17) is 0 Å². The molecule has 1 aliphatic heterocycles. The monoisotopic (exact) mass is 149 g/mol. The molecule has 0 saturated carbocycles. The first-order valence-electron chi connectivity index (χ1n) is 3.85. The van der Waals surface area contributed by atoms with E-state index >= 15 is 0 Å². The van der Waals surface area contributed by atoms with E-state index in [9.17, 15) is 0 Å². The van der Waals surface area contributed by atoms with E-state index in [1.54, 1.807) is 0 Å². The van der Waals surface area contributed by atoms with E-state index in [1.165, 1.54) is 0 Å². The molecule has 0 radical (unpaired) electrons. The average molecular weight is 149 g/mol. The van der Waals surface area contributed by atoms with Gasteiger partial charge in [0.2, 0.25) is 0 Å². The van der Waals surface area contributed by atoms with Gasteiger partial charge in [-0.25, -0.2) is 9.98 Å². The summed E-state index contributed by atoms with van der Waals surface area (Å²) in [6.07, 6.45) is 2.99. The Morgan fingerprint density at radius 2 is 2.45 bits per heavy atom. The van der Waals surface area contributed by atoms with Crippen LogP contribution in [0.4, 0.5) is 5.82 Å². The molecule has 1 aromatic rings. The van der Waals surface area contributed by atoms with Crippen LogP contribution in [0, 0.1) is 12.8 Å². The number of hydrogen-bond acceptors (Lipinski definition) is 2. The summed E-state index contributed by atoms with van der Waals surface area (Å²) in [4.78, 5) is 11.7. The van der Waals surface area contributed by atoms with Crippen molar-refractivity contribution in [2.75, 3.05) is 0 Å². The number of aliphatic imine (C=N–C) groups is 1. The lowest BCUT2D eigenvalue weighted by atomic mass is 10.1. The topological polar surface area (TPSA) is 41.0 Å². The number of nitrogens with one attached hydrogen (secondary N) is 1. The highest BCUT2D eigenvalue weighted by molar-refractivity contribution is 5.68. The summed E-state index contributed by atoms with van der Waals surface area (Å²) in [5.74, 6) is 2.44. The number of aromatic nitrogens is 2. The van der Waals surface area contributed by atoms with Gasteiger partial charge in [-0.15, -0.1) is 0 Å². The zero-order chi connectivity index (χ0) is 7.84. The Bertz CT molecular complexity index is 298. The highest BCUT2D eigenvalue weighted by Gasteiger charge is 2.14. The van der Waals surface area contributed by atoms with Gasteiger partial charge in [0, 0.05) is 12.6 Å². The molecule has 0 fully saturated rings. The number of rotatable bonds is 0. The van der Waals surface area contributed by atoms with Crippen LogP contribution < -0.4 is 0 Å². The molecule has 0 bridgehead atoms. The van der Waals surface area contributed by atoms with E-state index in [-0.39, 0.29) is 0 Å². The summed E-state index contributed by atoms with van der Waals surface area (Å²) in [5, 5.41) is 0. The number of nitrogens with zero attached hydrogens (tertiary/aromatic N) is 2. The summed E-state index contributed by atoms with van der Waals surface area (Å²) < 4.78 is 0. The zero-order valence-electron chi connectivity index (χ0n) is 6.76. The molecule has 1 aromatic heterocycles. The van der Waals surface area contributed by atoms with Crippen molar-refractivity contribution in [2.24, 2.45) is 10.9 Å². The molecule has 1 unspecified atom stereocenters.